The zero-order chi connectivity index (χ0) is 14.7. The predicted octanol–water partition coefficient (Wildman–Crippen LogP) is 3.82. The van der Waals surface area contributed by atoms with Crippen molar-refractivity contribution >= 4 is 0 Å². The van der Waals surface area contributed by atoms with Gasteiger partial charge in [-0.1, -0.05) is 36.4 Å². The van der Waals surface area contributed by atoms with E-state index >= 15 is 0 Å². The Hall–Kier alpha value is -1.80. The summed E-state index contributed by atoms with van der Waals surface area (Å²) in [6, 6.07) is 15.6. The molecule has 0 fully saturated rings. The van der Waals surface area contributed by atoms with Gasteiger partial charge in [0.15, 0.2) is 0 Å². The molecule has 2 aromatic rings. The van der Waals surface area contributed by atoms with Crippen molar-refractivity contribution in [1.82, 2.24) is 5.32 Å². The van der Waals surface area contributed by atoms with E-state index in [4.69, 9.17) is 4.74 Å². The normalized spacial score (nSPS) is 15.1. The van der Waals surface area contributed by atoms with Gasteiger partial charge in [-0.15, -0.1) is 0 Å². The summed E-state index contributed by atoms with van der Waals surface area (Å²) in [7, 11) is 2.04. The minimum atomic E-state index is 0.346. The molecule has 3 rings (SSSR count). The quantitative estimate of drug-likeness (QED) is 0.920. The third kappa shape index (κ3) is 3.11. The molecule has 0 radical (unpaired) electrons. The molecule has 1 atom stereocenters. The van der Waals surface area contributed by atoms with E-state index < -0.39 is 0 Å². The van der Waals surface area contributed by atoms with E-state index in [-0.39, 0.29) is 0 Å². The maximum Gasteiger partial charge on any atom is 0.122 e. The molecule has 1 aliphatic rings. The number of likely N-dealkylation sites (N-methyl/N-ethyl adjacent to an activating group) is 1. The zero-order valence-corrected chi connectivity index (χ0v) is 12.9. The van der Waals surface area contributed by atoms with Gasteiger partial charge in [0.05, 0.1) is 6.61 Å². The molecule has 0 saturated heterocycles. The first-order valence-electron chi connectivity index (χ1n) is 7.75. The Morgan fingerprint density at radius 1 is 1.19 bits per heavy atom. The Labute approximate surface area is 127 Å². The van der Waals surface area contributed by atoms with Crippen LogP contribution >= 0.6 is 0 Å². The Balaban J connectivity index is 1.85. The van der Waals surface area contributed by atoms with E-state index in [0.29, 0.717) is 6.04 Å². The maximum absolute atomic E-state index is 5.71. The summed E-state index contributed by atoms with van der Waals surface area (Å²) >= 11 is 0. The zero-order valence-electron chi connectivity index (χ0n) is 12.9. The fourth-order valence-electron chi connectivity index (χ4n) is 3.04. The summed E-state index contributed by atoms with van der Waals surface area (Å²) in [6.07, 6.45) is 3.27. The molecule has 21 heavy (non-hydrogen) atoms. The average molecular weight is 281 g/mol. The molecule has 0 aliphatic carbocycles. The van der Waals surface area contributed by atoms with Gasteiger partial charge in [-0.25, -0.2) is 0 Å². The number of benzene rings is 2. The molecular weight excluding hydrogens is 258 g/mol. The molecule has 1 aliphatic heterocycles. The van der Waals surface area contributed by atoms with Gasteiger partial charge in [-0.2, -0.15) is 0 Å². The van der Waals surface area contributed by atoms with Crippen molar-refractivity contribution in [3.63, 3.8) is 0 Å². The van der Waals surface area contributed by atoms with Gasteiger partial charge >= 0.3 is 0 Å². The second-order valence-electron chi connectivity index (χ2n) is 5.79. The number of hydrogen-bond acceptors (Lipinski definition) is 2. The van der Waals surface area contributed by atoms with Crippen LogP contribution in [0.15, 0.2) is 42.5 Å². The lowest BCUT2D eigenvalue weighted by atomic mass is 9.94. The number of fused-ring (bicyclic) bond motifs is 1. The van der Waals surface area contributed by atoms with Gasteiger partial charge in [-0.05, 0) is 61.6 Å². The van der Waals surface area contributed by atoms with Crippen LogP contribution in [0, 0.1) is 6.92 Å². The van der Waals surface area contributed by atoms with Crippen molar-refractivity contribution < 1.29 is 4.74 Å². The van der Waals surface area contributed by atoms with Crippen LogP contribution in [0.3, 0.4) is 0 Å². The lowest BCUT2D eigenvalue weighted by Crippen LogP contribution is -2.20. The van der Waals surface area contributed by atoms with E-state index in [2.05, 4.69) is 54.7 Å². The molecule has 0 saturated carbocycles. The molecule has 1 heterocycles. The summed E-state index contributed by atoms with van der Waals surface area (Å²) < 4.78 is 5.71. The number of ether oxygens (including phenoxy) is 1. The topological polar surface area (TPSA) is 21.3 Å². The van der Waals surface area contributed by atoms with Gasteiger partial charge in [0.25, 0.3) is 0 Å². The first kappa shape index (κ1) is 14.2. The minimum absolute atomic E-state index is 0.346. The number of rotatable bonds is 4. The fraction of sp³-hybridized carbons (Fsp3) is 0.368. The molecule has 110 valence electrons. The summed E-state index contributed by atoms with van der Waals surface area (Å²) in [4.78, 5) is 0. The highest BCUT2D eigenvalue weighted by molar-refractivity contribution is 5.40. The molecule has 0 spiro atoms. The number of aryl methyl sites for hydroxylation is 2. The van der Waals surface area contributed by atoms with Crippen LogP contribution in [-0.2, 0) is 12.8 Å². The van der Waals surface area contributed by atoms with Gasteiger partial charge in [0.2, 0.25) is 0 Å². The Morgan fingerprint density at radius 3 is 2.86 bits per heavy atom. The first-order chi connectivity index (χ1) is 10.3. The maximum atomic E-state index is 5.71. The van der Waals surface area contributed by atoms with E-state index in [0.717, 1.165) is 31.6 Å². The monoisotopic (exact) mass is 281 g/mol. The fourth-order valence-corrected chi connectivity index (χ4v) is 3.04. The van der Waals surface area contributed by atoms with Crippen molar-refractivity contribution in [3.05, 3.63) is 64.7 Å². The van der Waals surface area contributed by atoms with Crippen LogP contribution in [0.5, 0.6) is 5.75 Å². The van der Waals surface area contributed by atoms with Gasteiger partial charge in [0, 0.05) is 6.04 Å². The van der Waals surface area contributed by atoms with E-state index in [1.165, 1.54) is 22.3 Å². The molecule has 2 aromatic carbocycles. The minimum Gasteiger partial charge on any atom is -0.493 e. The largest absolute Gasteiger partial charge is 0.493 e. The molecule has 0 aromatic heterocycles. The van der Waals surface area contributed by atoms with E-state index in [9.17, 15) is 0 Å². The molecular formula is C19H23NO. The van der Waals surface area contributed by atoms with Crippen LogP contribution in [-0.4, -0.2) is 13.7 Å². The van der Waals surface area contributed by atoms with Crippen molar-refractivity contribution in [2.24, 2.45) is 0 Å². The Kier molecular flexibility index (Phi) is 4.26. The smallest absolute Gasteiger partial charge is 0.122 e. The number of hydrogen-bond donors (Lipinski definition) is 1. The van der Waals surface area contributed by atoms with Gasteiger partial charge in [0.1, 0.15) is 5.75 Å². The Bertz CT molecular complexity index is 621. The lowest BCUT2D eigenvalue weighted by Gasteiger charge is -2.22. The first-order valence-corrected chi connectivity index (χ1v) is 7.75. The highest BCUT2D eigenvalue weighted by Gasteiger charge is 2.16. The number of nitrogens with one attached hydrogen (secondary N) is 1. The van der Waals surface area contributed by atoms with Crippen LogP contribution in [0.25, 0.3) is 0 Å². The second-order valence-corrected chi connectivity index (χ2v) is 5.79. The molecule has 0 bridgehead atoms. The molecule has 0 amide bonds. The lowest BCUT2D eigenvalue weighted by molar-refractivity contribution is 0.288. The van der Waals surface area contributed by atoms with Crippen LogP contribution in [0.1, 0.15) is 34.7 Å². The van der Waals surface area contributed by atoms with Crippen LogP contribution < -0.4 is 10.1 Å². The highest BCUT2D eigenvalue weighted by atomic mass is 16.5. The third-order valence-corrected chi connectivity index (χ3v) is 4.37. The highest BCUT2D eigenvalue weighted by Crippen LogP contribution is 2.29. The molecule has 1 N–H and O–H groups in total. The summed E-state index contributed by atoms with van der Waals surface area (Å²) in [5.41, 5.74) is 5.47. The summed E-state index contributed by atoms with van der Waals surface area (Å²) in [6.45, 7) is 3.04. The standard InChI is InChI=1S/C19H23NO/c1-14-6-3-4-7-15(14)13-18(20-2)16-9-10-19-17(12-16)8-5-11-21-19/h3-4,6-7,9-10,12,18,20H,5,8,11,13H2,1-2H3. The van der Waals surface area contributed by atoms with Crippen molar-refractivity contribution in [3.8, 4) is 5.75 Å². The van der Waals surface area contributed by atoms with Gasteiger partial charge in [-0.3, -0.25) is 0 Å². The van der Waals surface area contributed by atoms with Crippen molar-refractivity contribution in [2.75, 3.05) is 13.7 Å². The summed E-state index contributed by atoms with van der Waals surface area (Å²) in [5.74, 6) is 1.07. The Morgan fingerprint density at radius 2 is 2.05 bits per heavy atom. The van der Waals surface area contributed by atoms with Gasteiger partial charge < -0.3 is 10.1 Å². The van der Waals surface area contributed by atoms with E-state index in [1.54, 1.807) is 0 Å². The van der Waals surface area contributed by atoms with E-state index in [1.807, 2.05) is 7.05 Å². The van der Waals surface area contributed by atoms with Crippen LogP contribution in [0.2, 0.25) is 0 Å². The predicted molar refractivity (Wildman–Crippen MR) is 86.9 cm³/mol. The van der Waals surface area contributed by atoms with Crippen molar-refractivity contribution in [2.45, 2.75) is 32.2 Å². The third-order valence-electron chi connectivity index (χ3n) is 4.37. The summed E-state index contributed by atoms with van der Waals surface area (Å²) in [5, 5.41) is 3.46. The van der Waals surface area contributed by atoms with Crippen LogP contribution in [0.4, 0.5) is 0 Å². The SMILES string of the molecule is CNC(Cc1ccccc1C)c1ccc2c(c1)CCCO2. The molecule has 2 nitrogen and oxygen atoms in total. The molecule has 1 unspecified atom stereocenters. The second kappa shape index (κ2) is 6.31. The van der Waals surface area contributed by atoms with Crippen molar-refractivity contribution in [1.29, 1.82) is 0 Å². The molecule has 2 heteroatoms. The average Bonchev–Trinajstić information content (AvgIpc) is 2.54.